The van der Waals surface area contributed by atoms with Gasteiger partial charge in [0.1, 0.15) is 0 Å². The molecule has 0 N–H and O–H groups in total. The zero-order chi connectivity index (χ0) is 12.3. The first-order valence-electron chi connectivity index (χ1n) is 5.78. The largest absolute Gasteiger partial charge is 0.313 e. The molecule has 3 nitrogen and oxygen atoms in total. The minimum Gasteiger partial charge on any atom is -0.313 e. The van der Waals surface area contributed by atoms with Gasteiger partial charge in [0.15, 0.2) is 0 Å². The molecule has 1 heterocycles. The fraction of sp³-hybridized carbons (Fsp3) is 0.615. The van der Waals surface area contributed by atoms with Gasteiger partial charge in [-0.25, -0.2) is 0 Å². The van der Waals surface area contributed by atoms with Crippen LogP contribution in [0.5, 0.6) is 0 Å². The lowest BCUT2D eigenvalue weighted by molar-refractivity contribution is 0.412. The quantitative estimate of drug-likeness (QED) is 0.776. The van der Waals surface area contributed by atoms with Gasteiger partial charge in [0, 0.05) is 24.8 Å². The summed E-state index contributed by atoms with van der Waals surface area (Å²) in [6.45, 7) is 7.09. The molecular weight excluding hydrogens is 200 g/mol. The molecule has 0 atom stereocenters. The van der Waals surface area contributed by atoms with Crippen molar-refractivity contribution in [2.45, 2.75) is 33.2 Å². The number of nitrogens with zero attached hydrogens (tertiary/aromatic N) is 2. The van der Waals surface area contributed by atoms with Crippen LogP contribution in [0.2, 0.25) is 0 Å². The summed E-state index contributed by atoms with van der Waals surface area (Å²) in [6.07, 6.45) is 3.00. The van der Waals surface area contributed by atoms with Gasteiger partial charge in [0.25, 0.3) is 5.56 Å². The Labute approximate surface area is 97.7 Å². The molecule has 0 saturated carbocycles. The van der Waals surface area contributed by atoms with E-state index in [9.17, 15) is 4.79 Å². The van der Waals surface area contributed by atoms with Crippen LogP contribution >= 0.6 is 0 Å². The number of likely N-dealkylation sites (N-methyl/N-ethyl adjacent to an activating group) is 1. The molecule has 3 heteroatoms. The predicted molar refractivity (Wildman–Crippen MR) is 68.1 cm³/mol. The van der Waals surface area contributed by atoms with Crippen LogP contribution in [0.3, 0.4) is 0 Å². The highest BCUT2D eigenvalue weighted by molar-refractivity contribution is 5.23. The predicted octanol–water partition coefficient (Wildman–Crippen LogP) is 1.84. The van der Waals surface area contributed by atoms with Crippen LogP contribution in [0.1, 0.15) is 31.0 Å². The normalized spacial score (nSPS) is 11.4. The zero-order valence-corrected chi connectivity index (χ0v) is 10.9. The van der Waals surface area contributed by atoms with Crippen molar-refractivity contribution in [1.29, 1.82) is 0 Å². The molecule has 0 fully saturated rings. The van der Waals surface area contributed by atoms with Crippen molar-refractivity contribution in [2.75, 3.05) is 20.6 Å². The topological polar surface area (TPSA) is 25.2 Å². The number of rotatable bonds is 4. The monoisotopic (exact) mass is 222 g/mol. The summed E-state index contributed by atoms with van der Waals surface area (Å²) in [5, 5.41) is 0. The average molecular weight is 222 g/mol. The SMILES string of the molecule is Cc1cc(=O)n(C(C)C)cc1CCN(C)C. The Morgan fingerprint density at radius 2 is 2.00 bits per heavy atom. The van der Waals surface area contributed by atoms with Crippen molar-refractivity contribution in [2.24, 2.45) is 0 Å². The second-order valence-electron chi connectivity index (χ2n) is 4.87. The Balaban J connectivity index is 3.00. The third kappa shape index (κ3) is 3.20. The van der Waals surface area contributed by atoms with Crippen LogP contribution in [0.4, 0.5) is 0 Å². The molecule has 0 saturated heterocycles. The van der Waals surface area contributed by atoms with E-state index >= 15 is 0 Å². The van der Waals surface area contributed by atoms with Crippen LogP contribution in [0, 0.1) is 6.92 Å². The fourth-order valence-electron chi connectivity index (χ4n) is 1.70. The van der Waals surface area contributed by atoms with Crippen molar-refractivity contribution in [1.82, 2.24) is 9.47 Å². The first-order valence-corrected chi connectivity index (χ1v) is 5.78. The second-order valence-corrected chi connectivity index (χ2v) is 4.87. The summed E-state index contributed by atoms with van der Waals surface area (Å²) in [6, 6.07) is 1.97. The number of hydrogen-bond acceptors (Lipinski definition) is 2. The molecule has 1 rings (SSSR count). The number of aromatic nitrogens is 1. The molecule has 0 spiro atoms. The highest BCUT2D eigenvalue weighted by Crippen LogP contribution is 2.09. The fourth-order valence-corrected chi connectivity index (χ4v) is 1.70. The molecule has 90 valence electrons. The average Bonchev–Trinajstić information content (AvgIpc) is 2.15. The van der Waals surface area contributed by atoms with Gasteiger partial charge in [-0.1, -0.05) is 0 Å². The van der Waals surface area contributed by atoms with E-state index in [1.54, 1.807) is 10.6 Å². The van der Waals surface area contributed by atoms with Crippen LogP contribution in [-0.2, 0) is 6.42 Å². The third-order valence-corrected chi connectivity index (χ3v) is 2.78. The van der Waals surface area contributed by atoms with E-state index in [2.05, 4.69) is 19.0 Å². The number of pyridine rings is 1. The summed E-state index contributed by atoms with van der Waals surface area (Å²) < 4.78 is 1.80. The molecule has 1 aromatic heterocycles. The Kier molecular flexibility index (Phi) is 4.30. The highest BCUT2D eigenvalue weighted by atomic mass is 16.1. The molecule has 0 radical (unpaired) electrons. The van der Waals surface area contributed by atoms with Gasteiger partial charge in [-0.15, -0.1) is 0 Å². The summed E-state index contributed by atoms with van der Waals surface area (Å²) in [4.78, 5) is 13.9. The molecule has 0 amide bonds. The summed E-state index contributed by atoms with van der Waals surface area (Å²) >= 11 is 0. The number of hydrogen-bond donors (Lipinski definition) is 0. The molecule has 0 bridgehead atoms. The third-order valence-electron chi connectivity index (χ3n) is 2.78. The van der Waals surface area contributed by atoms with Gasteiger partial charge in [0.05, 0.1) is 0 Å². The lowest BCUT2D eigenvalue weighted by Gasteiger charge is -2.15. The van der Waals surface area contributed by atoms with Gasteiger partial charge in [-0.2, -0.15) is 0 Å². The minimum absolute atomic E-state index is 0.0982. The molecule has 16 heavy (non-hydrogen) atoms. The van der Waals surface area contributed by atoms with Crippen LogP contribution in [-0.4, -0.2) is 30.1 Å². The first kappa shape index (κ1) is 13.0. The zero-order valence-electron chi connectivity index (χ0n) is 10.9. The lowest BCUT2D eigenvalue weighted by atomic mass is 10.1. The van der Waals surface area contributed by atoms with Gasteiger partial charge in [-0.05, 0) is 52.4 Å². The highest BCUT2D eigenvalue weighted by Gasteiger charge is 2.06. The van der Waals surface area contributed by atoms with E-state index in [1.807, 2.05) is 27.0 Å². The van der Waals surface area contributed by atoms with Gasteiger partial charge in [-0.3, -0.25) is 4.79 Å². The van der Waals surface area contributed by atoms with Crippen molar-refractivity contribution in [3.05, 3.63) is 33.7 Å². The van der Waals surface area contributed by atoms with Crippen molar-refractivity contribution in [3.63, 3.8) is 0 Å². The molecule has 0 unspecified atom stereocenters. The standard InChI is InChI=1S/C13H22N2O/c1-10(2)15-9-12(6-7-14(4)5)11(3)8-13(15)16/h8-10H,6-7H2,1-5H3. The van der Waals surface area contributed by atoms with Crippen molar-refractivity contribution >= 4 is 0 Å². The second kappa shape index (κ2) is 5.30. The van der Waals surface area contributed by atoms with Crippen molar-refractivity contribution in [3.8, 4) is 0 Å². The summed E-state index contributed by atoms with van der Waals surface area (Å²) in [7, 11) is 4.13. The summed E-state index contributed by atoms with van der Waals surface area (Å²) in [5.41, 5.74) is 2.46. The van der Waals surface area contributed by atoms with E-state index in [1.165, 1.54) is 5.56 Å². The van der Waals surface area contributed by atoms with E-state index in [-0.39, 0.29) is 11.6 Å². The maximum Gasteiger partial charge on any atom is 0.251 e. The molecular formula is C13H22N2O. The van der Waals surface area contributed by atoms with Gasteiger partial charge in [0.2, 0.25) is 0 Å². The summed E-state index contributed by atoms with van der Waals surface area (Å²) in [5.74, 6) is 0. The lowest BCUT2D eigenvalue weighted by Crippen LogP contribution is -2.23. The van der Waals surface area contributed by atoms with E-state index in [0.29, 0.717) is 0 Å². The van der Waals surface area contributed by atoms with Gasteiger partial charge >= 0.3 is 0 Å². The van der Waals surface area contributed by atoms with E-state index in [4.69, 9.17) is 0 Å². The smallest absolute Gasteiger partial charge is 0.251 e. The maximum atomic E-state index is 11.7. The molecule has 1 aromatic rings. The maximum absolute atomic E-state index is 11.7. The van der Waals surface area contributed by atoms with E-state index in [0.717, 1.165) is 18.5 Å². The molecule has 0 aliphatic rings. The molecule has 0 aliphatic heterocycles. The van der Waals surface area contributed by atoms with Crippen LogP contribution < -0.4 is 5.56 Å². The van der Waals surface area contributed by atoms with Crippen molar-refractivity contribution < 1.29 is 0 Å². The Morgan fingerprint density at radius 3 is 2.50 bits per heavy atom. The first-order chi connectivity index (χ1) is 7.41. The van der Waals surface area contributed by atoms with Gasteiger partial charge < -0.3 is 9.47 Å². The van der Waals surface area contributed by atoms with Crippen LogP contribution in [0.25, 0.3) is 0 Å². The molecule has 0 aliphatic carbocycles. The minimum atomic E-state index is 0.0982. The Morgan fingerprint density at radius 1 is 1.38 bits per heavy atom. The Bertz CT molecular complexity index is 405. The van der Waals surface area contributed by atoms with E-state index < -0.39 is 0 Å². The Hall–Kier alpha value is -1.09. The number of aryl methyl sites for hydroxylation is 1. The van der Waals surface area contributed by atoms with Crippen LogP contribution in [0.15, 0.2) is 17.1 Å². The molecule has 0 aromatic carbocycles.